The minimum absolute atomic E-state index is 0.160. The van der Waals surface area contributed by atoms with Gasteiger partial charge in [-0.15, -0.1) is 0 Å². The van der Waals surface area contributed by atoms with Crippen molar-refractivity contribution in [2.75, 3.05) is 51.3 Å². The van der Waals surface area contributed by atoms with Crippen LogP contribution in [0, 0.1) is 5.92 Å². The SMILES string of the molecule is CCOC(=O)C(C=Nc1ncnc2ccc(N3CCN(C)CC3)cc12)C(=O)OCC. The largest absolute Gasteiger partial charge is 0.465 e. The number of nitrogens with zero attached hydrogens (tertiary/aromatic N) is 5. The quantitative estimate of drug-likeness (QED) is 0.385. The lowest BCUT2D eigenvalue weighted by atomic mass is 10.1. The van der Waals surface area contributed by atoms with Crippen molar-refractivity contribution in [1.29, 1.82) is 0 Å². The van der Waals surface area contributed by atoms with Crippen LogP contribution in [0.3, 0.4) is 0 Å². The van der Waals surface area contributed by atoms with Gasteiger partial charge in [-0.2, -0.15) is 0 Å². The number of anilines is 1. The molecule has 160 valence electrons. The predicted octanol–water partition coefficient (Wildman–Crippen LogP) is 1.83. The van der Waals surface area contributed by atoms with Gasteiger partial charge in [-0.05, 0) is 39.1 Å². The third-order valence-corrected chi connectivity index (χ3v) is 4.89. The van der Waals surface area contributed by atoms with E-state index in [1.807, 2.05) is 18.2 Å². The van der Waals surface area contributed by atoms with Crippen molar-refractivity contribution < 1.29 is 19.1 Å². The van der Waals surface area contributed by atoms with Gasteiger partial charge in [0.05, 0.1) is 18.7 Å². The summed E-state index contributed by atoms with van der Waals surface area (Å²) in [4.78, 5) is 41.8. The number of esters is 2. The van der Waals surface area contributed by atoms with Crippen molar-refractivity contribution in [1.82, 2.24) is 14.9 Å². The number of rotatable bonds is 7. The van der Waals surface area contributed by atoms with Crippen LogP contribution < -0.4 is 4.90 Å². The Hall–Kier alpha value is -3.07. The van der Waals surface area contributed by atoms with E-state index in [0.29, 0.717) is 5.82 Å². The second kappa shape index (κ2) is 10.1. The molecule has 1 aliphatic rings. The van der Waals surface area contributed by atoms with E-state index in [2.05, 4.69) is 31.8 Å². The Kier molecular flexibility index (Phi) is 7.29. The molecule has 0 amide bonds. The van der Waals surface area contributed by atoms with Gasteiger partial charge in [0.2, 0.25) is 0 Å². The average molecular weight is 413 g/mol. The molecule has 1 aromatic carbocycles. The maximum absolute atomic E-state index is 12.2. The molecular weight excluding hydrogens is 386 g/mol. The number of likely N-dealkylation sites (N-methyl/N-ethyl adjacent to an activating group) is 1. The van der Waals surface area contributed by atoms with E-state index < -0.39 is 17.9 Å². The summed E-state index contributed by atoms with van der Waals surface area (Å²) in [5.74, 6) is -2.25. The third-order valence-electron chi connectivity index (χ3n) is 4.89. The molecule has 9 nitrogen and oxygen atoms in total. The number of hydrogen-bond donors (Lipinski definition) is 0. The van der Waals surface area contributed by atoms with Crippen LogP contribution in [0.1, 0.15) is 13.8 Å². The lowest BCUT2D eigenvalue weighted by Gasteiger charge is -2.34. The highest BCUT2D eigenvalue weighted by Crippen LogP contribution is 2.27. The van der Waals surface area contributed by atoms with E-state index in [-0.39, 0.29) is 13.2 Å². The van der Waals surface area contributed by atoms with Gasteiger partial charge in [0.1, 0.15) is 6.33 Å². The highest BCUT2D eigenvalue weighted by molar-refractivity contribution is 6.09. The van der Waals surface area contributed by atoms with E-state index in [0.717, 1.165) is 42.8 Å². The molecule has 1 fully saturated rings. The first-order chi connectivity index (χ1) is 14.5. The zero-order chi connectivity index (χ0) is 21.5. The van der Waals surface area contributed by atoms with E-state index in [4.69, 9.17) is 9.47 Å². The van der Waals surface area contributed by atoms with Gasteiger partial charge >= 0.3 is 11.9 Å². The van der Waals surface area contributed by atoms with Crippen molar-refractivity contribution in [3.05, 3.63) is 24.5 Å². The average Bonchev–Trinajstić information content (AvgIpc) is 2.74. The molecule has 0 radical (unpaired) electrons. The topological polar surface area (TPSA) is 97.2 Å². The van der Waals surface area contributed by atoms with Crippen molar-refractivity contribution in [3.8, 4) is 0 Å². The van der Waals surface area contributed by atoms with Crippen molar-refractivity contribution >= 4 is 40.6 Å². The lowest BCUT2D eigenvalue weighted by molar-refractivity contribution is -0.157. The molecule has 0 bridgehead atoms. The fourth-order valence-electron chi connectivity index (χ4n) is 3.22. The van der Waals surface area contributed by atoms with Gasteiger partial charge in [-0.25, -0.2) is 15.0 Å². The van der Waals surface area contributed by atoms with E-state index >= 15 is 0 Å². The first-order valence-corrected chi connectivity index (χ1v) is 10.1. The highest BCUT2D eigenvalue weighted by Gasteiger charge is 2.28. The molecule has 2 aromatic rings. The number of hydrogen-bond acceptors (Lipinski definition) is 9. The Balaban J connectivity index is 1.90. The van der Waals surface area contributed by atoms with Crippen LogP contribution in [-0.4, -0.2) is 79.5 Å². The van der Waals surface area contributed by atoms with E-state index in [9.17, 15) is 9.59 Å². The Morgan fingerprint density at radius 2 is 1.77 bits per heavy atom. The number of carbonyl (C=O) groups excluding carboxylic acids is 2. The zero-order valence-electron chi connectivity index (χ0n) is 17.6. The molecule has 0 unspecified atom stereocenters. The molecule has 1 saturated heterocycles. The van der Waals surface area contributed by atoms with Crippen LogP contribution in [-0.2, 0) is 19.1 Å². The van der Waals surface area contributed by atoms with Crippen molar-refractivity contribution in [2.24, 2.45) is 10.9 Å². The monoisotopic (exact) mass is 413 g/mol. The molecular formula is C21H27N5O4. The molecule has 1 aromatic heterocycles. The Labute approximate surface area is 175 Å². The van der Waals surface area contributed by atoms with Gasteiger partial charge in [0.25, 0.3) is 0 Å². The maximum Gasteiger partial charge on any atom is 0.325 e. The molecule has 3 rings (SSSR count). The number of aromatic nitrogens is 2. The summed E-state index contributed by atoms with van der Waals surface area (Å²) in [5.41, 5.74) is 1.80. The molecule has 0 N–H and O–H groups in total. The smallest absolute Gasteiger partial charge is 0.325 e. The standard InChI is InChI=1S/C21H27N5O4/c1-4-29-20(27)17(21(28)30-5-2)13-22-19-16-12-15(6-7-18(16)23-14-24-19)26-10-8-25(3)9-11-26/h6-7,12-14,17H,4-5,8-11H2,1-3H3. The third kappa shape index (κ3) is 5.10. The molecule has 0 spiro atoms. The molecule has 0 saturated carbocycles. The van der Waals surface area contributed by atoms with Crippen LogP contribution in [0.15, 0.2) is 29.5 Å². The van der Waals surface area contributed by atoms with Gasteiger partial charge < -0.3 is 19.3 Å². The molecule has 2 heterocycles. The minimum atomic E-state index is -1.24. The highest BCUT2D eigenvalue weighted by atomic mass is 16.6. The van der Waals surface area contributed by atoms with E-state index in [1.165, 1.54) is 12.5 Å². The summed E-state index contributed by atoms with van der Waals surface area (Å²) in [6.45, 7) is 7.53. The number of benzene rings is 1. The molecule has 9 heteroatoms. The van der Waals surface area contributed by atoms with Gasteiger partial charge in [-0.3, -0.25) is 9.59 Å². The Morgan fingerprint density at radius 1 is 1.10 bits per heavy atom. The normalized spacial score (nSPS) is 15.1. The summed E-state index contributed by atoms with van der Waals surface area (Å²) in [5, 5.41) is 0.747. The second-order valence-corrected chi connectivity index (χ2v) is 6.95. The minimum Gasteiger partial charge on any atom is -0.465 e. The number of piperazine rings is 1. The second-order valence-electron chi connectivity index (χ2n) is 6.95. The summed E-state index contributed by atoms with van der Waals surface area (Å²) in [6, 6.07) is 5.96. The molecule has 30 heavy (non-hydrogen) atoms. The number of aliphatic imine (C=N–C) groups is 1. The van der Waals surface area contributed by atoms with E-state index in [1.54, 1.807) is 13.8 Å². The van der Waals surface area contributed by atoms with Gasteiger partial charge in [-0.1, -0.05) is 0 Å². The van der Waals surface area contributed by atoms with Crippen molar-refractivity contribution in [3.63, 3.8) is 0 Å². The first-order valence-electron chi connectivity index (χ1n) is 10.1. The van der Waals surface area contributed by atoms with Crippen LogP contribution >= 0.6 is 0 Å². The summed E-state index contributed by atoms with van der Waals surface area (Å²) >= 11 is 0. The Morgan fingerprint density at radius 3 is 2.40 bits per heavy atom. The summed E-state index contributed by atoms with van der Waals surface area (Å²) < 4.78 is 9.96. The fraction of sp³-hybridized carbons (Fsp3) is 0.476. The van der Waals surface area contributed by atoms with Crippen LogP contribution in [0.2, 0.25) is 0 Å². The molecule has 0 aliphatic carbocycles. The number of fused-ring (bicyclic) bond motifs is 1. The summed E-state index contributed by atoms with van der Waals surface area (Å²) in [7, 11) is 2.11. The lowest BCUT2D eigenvalue weighted by Crippen LogP contribution is -2.44. The number of carbonyl (C=O) groups is 2. The zero-order valence-corrected chi connectivity index (χ0v) is 17.6. The fourth-order valence-corrected chi connectivity index (χ4v) is 3.22. The van der Waals surface area contributed by atoms with Crippen molar-refractivity contribution in [2.45, 2.75) is 13.8 Å². The van der Waals surface area contributed by atoms with Gasteiger partial charge in [0, 0.05) is 43.5 Å². The molecule has 0 atom stereocenters. The maximum atomic E-state index is 12.2. The Bertz CT molecular complexity index is 907. The number of ether oxygens (including phenoxy) is 2. The molecule has 1 aliphatic heterocycles. The van der Waals surface area contributed by atoms with Gasteiger partial charge in [0.15, 0.2) is 11.7 Å². The predicted molar refractivity (Wildman–Crippen MR) is 114 cm³/mol. The summed E-state index contributed by atoms with van der Waals surface area (Å²) in [6.07, 6.45) is 2.65. The van der Waals surface area contributed by atoms with Crippen LogP contribution in [0.4, 0.5) is 11.5 Å². The first kappa shape index (κ1) is 21.6. The van der Waals surface area contributed by atoms with Crippen LogP contribution in [0.5, 0.6) is 0 Å². The van der Waals surface area contributed by atoms with Crippen LogP contribution in [0.25, 0.3) is 10.9 Å².